The molecule has 0 saturated carbocycles. The van der Waals surface area contributed by atoms with Crippen LogP contribution in [-0.4, -0.2) is 12.2 Å². The number of benzene rings is 1. The summed E-state index contributed by atoms with van der Waals surface area (Å²) in [6, 6.07) is 6.33. The second kappa shape index (κ2) is 5.69. The van der Waals surface area contributed by atoms with E-state index in [0.717, 1.165) is 4.88 Å². The van der Waals surface area contributed by atoms with E-state index in [0.29, 0.717) is 17.7 Å². The van der Waals surface area contributed by atoms with Gasteiger partial charge in [-0.25, -0.2) is 4.39 Å². The van der Waals surface area contributed by atoms with Crippen LogP contribution >= 0.6 is 22.9 Å². The first-order chi connectivity index (χ1) is 8.61. The molecule has 0 bridgehead atoms. The summed E-state index contributed by atoms with van der Waals surface area (Å²) in [4.78, 5) is 0.743. The Morgan fingerprint density at radius 3 is 2.89 bits per heavy atom. The van der Waals surface area contributed by atoms with Crippen molar-refractivity contribution >= 4 is 22.9 Å². The van der Waals surface area contributed by atoms with Gasteiger partial charge in [-0.2, -0.15) is 0 Å². The van der Waals surface area contributed by atoms with E-state index in [-0.39, 0.29) is 5.02 Å². The van der Waals surface area contributed by atoms with E-state index in [1.165, 1.54) is 23.5 Å². The summed E-state index contributed by atoms with van der Waals surface area (Å²) in [5, 5.41) is 12.0. The minimum atomic E-state index is -0.708. The largest absolute Gasteiger partial charge is 0.495 e. The average molecular weight is 287 g/mol. The summed E-state index contributed by atoms with van der Waals surface area (Å²) in [6.07, 6.45) is -0.383. The van der Waals surface area contributed by atoms with E-state index < -0.39 is 11.9 Å². The Morgan fingerprint density at radius 2 is 2.22 bits per heavy atom. The highest BCUT2D eigenvalue weighted by Crippen LogP contribution is 2.32. The minimum absolute atomic E-state index is 0.0851. The number of hydrogen-bond acceptors (Lipinski definition) is 3. The fraction of sp³-hybridized carbons (Fsp3) is 0.231. The quantitative estimate of drug-likeness (QED) is 0.926. The van der Waals surface area contributed by atoms with E-state index in [4.69, 9.17) is 16.3 Å². The normalized spacial score (nSPS) is 12.4. The molecule has 0 fully saturated rings. The molecule has 1 unspecified atom stereocenters. The van der Waals surface area contributed by atoms with E-state index in [1.807, 2.05) is 5.38 Å². The highest BCUT2D eigenvalue weighted by atomic mass is 35.5. The first-order valence-corrected chi connectivity index (χ1v) is 6.61. The lowest BCUT2D eigenvalue weighted by atomic mass is 10.1. The van der Waals surface area contributed by atoms with Crippen LogP contribution < -0.4 is 4.74 Å². The third-order valence-corrected chi connectivity index (χ3v) is 3.90. The first-order valence-electron chi connectivity index (χ1n) is 5.35. The number of rotatable bonds is 4. The van der Waals surface area contributed by atoms with Gasteiger partial charge in [-0.15, -0.1) is 11.3 Å². The van der Waals surface area contributed by atoms with Gasteiger partial charge in [0, 0.05) is 6.42 Å². The van der Waals surface area contributed by atoms with E-state index >= 15 is 0 Å². The van der Waals surface area contributed by atoms with Crippen molar-refractivity contribution in [1.82, 2.24) is 0 Å². The Kier molecular flexibility index (Phi) is 4.22. The zero-order valence-electron chi connectivity index (χ0n) is 9.69. The van der Waals surface area contributed by atoms with Gasteiger partial charge in [0.25, 0.3) is 0 Å². The van der Waals surface area contributed by atoms with Gasteiger partial charge < -0.3 is 9.84 Å². The summed E-state index contributed by atoms with van der Waals surface area (Å²) in [5.74, 6) is 0.182. The predicted molar refractivity (Wildman–Crippen MR) is 70.9 cm³/mol. The molecule has 2 nitrogen and oxygen atoms in total. The number of hydrogen-bond donors (Lipinski definition) is 1. The van der Waals surface area contributed by atoms with Crippen molar-refractivity contribution < 1.29 is 14.2 Å². The first kappa shape index (κ1) is 13.3. The molecule has 96 valence electrons. The molecule has 5 heteroatoms. The molecule has 1 atom stereocenters. The van der Waals surface area contributed by atoms with Crippen molar-refractivity contribution in [3.05, 3.63) is 50.9 Å². The van der Waals surface area contributed by atoms with Gasteiger partial charge in [0.05, 0.1) is 23.1 Å². The molecule has 1 N–H and O–H groups in total. The Labute approximate surface area is 114 Å². The van der Waals surface area contributed by atoms with Gasteiger partial charge in [-0.05, 0) is 29.1 Å². The summed E-state index contributed by atoms with van der Waals surface area (Å²) >= 11 is 7.02. The van der Waals surface area contributed by atoms with Crippen LogP contribution in [0.1, 0.15) is 16.5 Å². The van der Waals surface area contributed by atoms with E-state index in [2.05, 4.69) is 0 Å². The third-order valence-electron chi connectivity index (χ3n) is 2.59. The fourth-order valence-electron chi connectivity index (χ4n) is 1.70. The van der Waals surface area contributed by atoms with Gasteiger partial charge in [0.1, 0.15) is 11.6 Å². The fourth-order valence-corrected chi connectivity index (χ4v) is 2.67. The number of aliphatic hydroxyl groups excluding tert-OH is 1. The zero-order chi connectivity index (χ0) is 13.1. The van der Waals surface area contributed by atoms with Crippen LogP contribution in [-0.2, 0) is 6.42 Å². The number of methoxy groups -OCH3 is 1. The molecule has 0 amide bonds. The van der Waals surface area contributed by atoms with Crippen molar-refractivity contribution in [2.45, 2.75) is 12.5 Å². The summed E-state index contributed by atoms with van der Waals surface area (Å²) in [5.41, 5.74) is 0.694. The molecule has 0 aliphatic rings. The highest BCUT2D eigenvalue weighted by molar-refractivity contribution is 7.10. The van der Waals surface area contributed by atoms with Crippen LogP contribution in [0.15, 0.2) is 29.6 Å². The van der Waals surface area contributed by atoms with Crippen LogP contribution in [0.2, 0.25) is 5.02 Å². The molecule has 2 aromatic rings. The van der Waals surface area contributed by atoms with Crippen LogP contribution in [0.25, 0.3) is 0 Å². The van der Waals surface area contributed by atoms with Gasteiger partial charge in [-0.1, -0.05) is 17.7 Å². The summed E-state index contributed by atoms with van der Waals surface area (Å²) < 4.78 is 18.4. The molecule has 1 heterocycles. The van der Waals surface area contributed by atoms with Crippen LogP contribution in [0.3, 0.4) is 0 Å². The second-order valence-corrected chi connectivity index (χ2v) is 5.18. The standard InChI is InChI=1S/C13H12ClFO2S/c1-17-12-4-5-18-13(12)11(16)7-8-2-3-9(14)10(15)6-8/h2-6,11,16H,7H2,1H3. The highest BCUT2D eigenvalue weighted by Gasteiger charge is 2.16. The number of thiophene rings is 1. The smallest absolute Gasteiger partial charge is 0.142 e. The average Bonchev–Trinajstić information content (AvgIpc) is 2.82. The molecular weight excluding hydrogens is 275 g/mol. The molecule has 0 aliphatic carbocycles. The summed E-state index contributed by atoms with van der Waals surface area (Å²) in [7, 11) is 1.56. The van der Waals surface area contributed by atoms with Crippen molar-refractivity contribution in [2.24, 2.45) is 0 Å². The maximum absolute atomic E-state index is 13.3. The van der Waals surface area contributed by atoms with Crippen molar-refractivity contribution in [2.75, 3.05) is 7.11 Å². The van der Waals surface area contributed by atoms with Crippen molar-refractivity contribution in [3.63, 3.8) is 0 Å². The third kappa shape index (κ3) is 2.83. The second-order valence-electron chi connectivity index (χ2n) is 3.82. The molecule has 0 spiro atoms. The lowest BCUT2D eigenvalue weighted by Crippen LogP contribution is -2.01. The Bertz CT molecular complexity index is 542. The van der Waals surface area contributed by atoms with Gasteiger partial charge in [-0.3, -0.25) is 0 Å². The molecule has 0 aliphatic heterocycles. The predicted octanol–water partition coefficient (Wildman–Crippen LogP) is 3.83. The lowest BCUT2D eigenvalue weighted by Gasteiger charge is -2.11. The SMILES string of the molecule is COc1ccsc1C(O)Cc1ccc(Cl)c(F)c1. The monoisotopic (exact) mass is 286 g/mol. The molecule has 1 aromatic heterocycles. The Balaban J connectivity index is 2.16. The molecular formula is C13H12ClFO2S. The van der Waals surface area contributed by atoms with Gasteiger partial charge in [0.15, 0.2) is 0 Å². The van der Waals surface area contributed by atoms with Crippen molar-refractivity contribution in [3.8, 4) is 5.75 Å². The van der Waals surface area contributed by atoms with Crippen molar-refractivity contribution in [1.29, 1.82) is 0 Å². The van der Waals surface area contributed by atoms with Crippen LogP contribution in [0.4, 0.5) is 4.39 Å². The minimum Gasteiger partial charge on any atom is -0.495 e. The van der Waals surface area contributed by atoms with Gasteiger partial charge >= 0.3 is 0 Å². The van der Waals surface area contributed by atoms with Gasteiger partial charge in [0.2, 0.25) is 0 Å². The molecule has 1 aromatic carbocycles. The maximum Gasteiger partial charge on any atom is 0.142 e. The van der Waals surface area contributed by atoms with Crippen LogP contribution in [0, 0.1) is 5.82 Å². The maximum atomic E-state index is 13.3. The zero-order valence-corrected chi connectivity index (χ0v) is 11.3. The molecule has 2 rings (SSSR count). The van der Waals surface area contributed by atoms with E-state index in [9.17, 15) is 9.50 Å². The molecule has 0 radical (unpaired) electrons. The number of ether oxygens (including phenoxy) is 1. The van der Waals surface area contributed by atoms with E-state index in [1.54, 1.807) is 19.2 Å². The number of halogens is 2. The van der Waals surface area contributed by atoms with Crippen LogP contribution in [0.5, 0.6) is 5.75 Å². The number of aliphatic hydroxyl groups is 1. The Hall–Kier alpha value is -1.10. The molecule has 0 saturated heterocycles. The topological polar surface area (TPSA) is 29.5 Å². The molecule has 18 heavy (non-hydrogen) atoms. The summed E-state index contributed by atoms with van der Waals surface area (Å²) in [6.45, 7) is 0. The Morgan fingerprint density at radius 1 is 1.44 bits per heavy atom. The lowest BCUT2D eigenvalue weighted by molar-refractivity contribution is 0.178.